The van der Waals surface area contributed by atoms with Crippen LogP contribution in [0.4, 0.5) is 0 Å². The van der Waals surface area contributed by atoms with E-state index in [2.05, 4.69) is 25.3 Å². The molecule has 0 rings (SSSR count). The SMILES string of the molecule is C=CC(=O)OCCN(CC)CC.N. The highest BCUT2D eigenvalue weighted by Gasteiger charge is 1.99. The fourth-order valence-electron chi connectivity index (χ4n) is 0.874. The van der Waals surface area contributed by atoms with Crippen LogP contribution in [-0.4, -0.2) is 37.1 Å². The van der Waals surface area contributed by atoms with Gasteiger partial charge in [0.15, 0.2) is 0 Å². The van der Waals surface area contributed by atoms with Crippen molar-refractivity contribution in [2.45, 2.75) is 13.8 Å². The van der Waals surface area contributed by atoms with Crippen LogP contribution in [-0.2, 0) is 9.53 Å². The van der Waals surface area contributed by atoms with Gasteiger partial charge in [0.2, 0.25) is 0 Å². The first kappa shape index (κ1) is 14.6. The Morgan fingerprint density at radius 1 is 1.46 bits per heavy atom. The minimum absolute atomic E-state index is 0. The van der Waals surface area contributed by atoms with Gasteiger partial charge in [-0.1, -0.05) is 20.4 Å². The van der Waals surface area contributed by atoms with Gasteiger partial charge in [0.25, 0.3) is 0 Å². The Kier molecular flexibility index (Phi) is 10.4. The van der Waals surface area contributed by atoms with Crippen molar-refractivity contribution in [1.29, 1.82) is 0 Å². The molecule has 0 aromatic rings. The largest absolute Gasteiger partial charge is 0.461 e. The van der Waals surface area contributed by atoms with Crippen molar-refractivity contribution in [1.82, 2.24) is 11.1 Å². The molecule has 0 unspecified atom stereocenters. The Morgan fingerprint density at radius 3 is 2.38 bits per heavy atom. The van der Waals surface area contributed by atoms with Crippen LogP contribution in [0.15, 0.2) is 12.7 Å². The van der Waals surface area contributed by atoms with Crippen molar-refractivity contribution >= 4 is 5.97 Å². The first-order valence-electron chi connectivity index (χ1n) is 4.26. The number of nitrogens with zero attached hydrogens (tertiary/aromatic N) is 1. The lowest BCUT2D eigenvalue weighted by Gasteiger charge is -2.16. The van der Waals surface area contributed by atoms with Gasteiger partial charge < -0.3 is 15.8 Å². The molecule has 0 radical (unpaired) electrons. The Labute approximate surface area is 80.1 Å². The van der Waals surface area contributed by atoms with E-state index < -0.39 is 0 Å². The van der Waals surface area contributed by atoms with Crippen molar-refractivity contribution in [3.8, 4) is 0 Å². The monoisotopic (exact) mass is 188 g/mol. The van der Waals surface area contributed by atoms with Crippen LogP contribution < -0.4 is 6.15 Å². The van der Waals surface area contributed by atoms with Crippen LogP contribution in [0.5, 0.6) is 0 Å². The van der Waals surface area contributed by atoms with Crippen molar-refractivity contribution in [2.24, 2.45) is 0 Å². The third kappa shape index (κ3) is 7.49. The number of ether oxygens (including phenoxy) is 1. The summed E-state index contributed by atoms with van der Waals surface area (Å²) < 4.78 is 4.83. The van der Waals surface area contributed by atoms with Gasteiger partial charge in [-0.05, 0) is 13.1 Å². The summed E-state index contributed by atoms with van der Waals surface area (Å²) >= 11 is 0. The quantitative estimate of drug-likeness (QED) is 0.503. The number of hydrogen-bond acceptors (Lipinski definition) is 4. The minimum atomic E-state index is -0.345. The van der Waals surface area contributed by atoms with E-state index in [4.69, 9.17) is 4.74 Å². The highest BCUT2D eigenvalue weighted by Crippen LogP contribution is 1.87. The van der Waals surface area contributed by atoms with E-state index in [0.717, 1.165) is 19.6 Å². The molecule has 0 saturated heterocycles. The fraction of sp³-hybridized carbons (Fsp3) is 0.667. The smallest absolute Gasteiger partial charge is 0.330 e. The molecular weight excluding hydrogens is 168 g/mol. The average molecular weight is 188 g/mol. The van der Waals surface area contributed by atoms with E-state index >= 15 is 0 Å². The van der Waals surface area contributed by atoms with Crippen LogP contribution in [0.25, 0.3) is 0 Å². The van der Waals surface area contributed by atoms with Gasteiger partial charge >= 0.3 is 5.97 Å². The molecule has 0 saturated carbocycles. The molecule has 78 valence electrons. The second-order valence-electron chi connectivity index (χ2n) is 2.40. The zero-order chi connectivity index (χ0) is 9.40. The van der Waals surface area contributed by atoms with Crippen molar-refractivity contribution in [3.63, 3.8) is 0 Å². The number of rotatable bonds is 6. The summed E-state index contributed by atoms with van der Waals surface area (Å²) in [5.41, 5.74) is 0. The maximum Gasteiger partial charge on any atom is 0.330 e. The third-order valence-electron chi connectivity index (χ3n) is 1.71. The van der Waals surface area contributed by atoms with E-state index in [0.29, 0.717) is 6.61 Å². The Balaban J connectivity index is 0. The van der Waals surface area contributed by atoms with Crippen LogP contribution in [0.1, 0.15) is 13.8 Å². The number of likely N-dealkylation sites (N-methyl/N-ethyl adjacent to an activating group) is 1. The van der Waals surface area contributed by atoms with E-state index in [9.17, 15) is 4.79 Å². The second kappa shape index (κ2) is 9.22. The molecule has 0 aliphatic heterocycles. The van der Waals surface area contributed by atoms with Gasteiger partial charge in [-0.15, -0.1) is 0 Å². The molecule has 0 amide bonds. The molecule has 3 N–H and O–H groups in total. The van der Waals surface area contributed by atoms with Gasteiger partial charge in [0.1, 0.15) is 6.61 Å². The van der Waals surface area contributed by atoms with Gasteiger partial charge in [0, 0.05) is 12.6 Å². The predicted octanol–water partition coefficient (Wildman–Crippen LogP) is 1.22. The molecule has 0 spiro atoms. The summed E-state index contributed by atoms with van der Waals surface area (Å²) in [4.78, 5) is 12.8. The summed E-state index contributed by atoms with van der Waals surface area (Å²) in [7, 11) is 0. The van der Waals surface area contributed by atoms with E-state index in [1.54, 1.807) is 0 Å². The third-order valence-corrected chi connectivity index (χ3v) is 1.71. The summed E-state index contributed by atoms with van der Waals surface area (Å²) in [6, 6.07) is 0. The molecule has 0 heterocycles. The van der Waals surface area contributed by atoms with Gasteiger partial charge in [0.05, 0.1) is 0 Å². The number of esters is 1. The van der Waals surface area contributed by atoms with Crippen LogP contribution in [0.3, 0.4) is 0 Å². The standard InChI is InChI=1S/C9H17NO2.H3N/c1-4-9(11)12-8-7-10(5-2)6-3;/h4H,1,5-8H2,2-3H3;1H3. The Hall–Kier alpha value is -0.870. The molecule has 4 heteroatoms. The van der Waals surface area contributed by atoms with Gasteiger partial charge in [-0.25, -0.2) is 4.79 Å². The van der Waals surface area contributed by atoms with Crippen molar-refractivity contribution < 1.29 is 9.53 Å². The minimum Gasteiger partial charge on any atom is -0.461 e. The van der Waals surface area contributed by atoms with Crippen LogP contribution in [0.2, 0.25) is 0 Å². The highest BCUT2D eigenvalue weighted by atomic mass is 16.5. The normalized spacial score (nSPS) is 9.15. The molecular formula is C9H20N2O2. The van der Waals surface area contributed by atoms with Gasteiger partial charge in [-0.2, -0.15) is 0 Å². The highest BCUT2D eigenvalue weighted by molar-refractivity contribution is 5.81. The molecule has 0 bridgehead atoms. The molecule has 4 nitrogen and oxygen atoms in total. The molecule has 13 heavy (non-hydrogen) atoms. The first-order valence-corrected chi connectivity index (χ1v) is 4.26. The van der Waals surface area contributed by atoms with Crippen molar-refractivity contribution in [3.05, 3.63) is 12.7 Å². The summed E-state index contributed by atoms with van der Waals surface area (Å²) in [5.74, 6) is -0.345. The molecule has 0 aliphatic carbocycles. The predicted molar refractivity (Wildman–Crippen MR) is 54.0 cm³/mol. The topological polar surface area (TPSA) is 64.5 Å². The average Bonchev–Trinajstić information content (AvgIpc) is 2.12. The lowest BCUT2D eigenvalue weighted by Crippen LogP contribution is -2.27. The molecule has 0 aliphatic rings. The Bertz CT molecular complexity index is 145. The lowest BCUT2D eigenvalue weighted by molar-refractivity contribution is -0.138. The summed E-state index contributed by atoms with van der Waals surface area (Å²) in [6.07, 6.45) is 1.18. The summed E-state index contributed by atoms with van der Waals surface area (Å²) in [5, 5.41) is 0. The zero-order valence-electron chi connectivity index (χ0n) is 8.58. The number of carbonyl (C=O) groups excluding carboxylic acids is 1. The Morgan fingerprint density at radius 2 is 2.00 bits per heavy atom. The van der Waals surface area contributed by atoms with Gasteiger partial charge in [-0.3, -0.25) is 0 Å². The molecule has 0 aromatic heterocycles. The second-order valence-corrected chi connectivity index (χ2v) is 2.40. The van der Waals surface area contributed by atoms with Crippen LogP contribution >= 0.6 is 0 Å². The van der Waals surface area contributed by atoms with Crippen molar-refractivity contribution in [2.75, 3.05) is 26.2 Å². The fourth-order valence-corrected chi connectivity index (χ4v) is 0.874. The summed E-state index contributed by atoms with van der Waals surface area (Å²) in [6.45, 7) is 10.7. The maximum absolute atomic E-state index is 10.6. The number of carbonyl (C=O) groups is 1. The zero-order valence-corrected chi connectivity index (χ0v) is 8.58. The maximum atomic E-state index is 10.6. The lowest BCUT2D eigenvalue weighted by atomic mass is 10.5. The molecule has 0 fully saturated rings. The van der Waals surface area contributed by atoms with Crippen LogP contribution in [0, 0.1) is 0 Å². The first-order chi connectivity index (χ1) is 5.74. The molecule has 0 aromatic carbocycles. The van der Waals surface area contributed by atoms with E-state index in [1.807, 2.05) is 0 Å². The van der Waals surface area contributed by atoms with E-state index in [1.165, 1.54) is 6.08 Å². The van der Waals surface area contributed by atoms with E-state index in [-0.39, 0.29) is 12.1 Å². The molecule has 0 atom stereocenters. The number of hydrogen-bond donors (Lipinski definition) is 1.